The molecule has 0 aromatic heterocycles. The lowest BCUT2D eigenvalue weighted by Gasteiger charge is -2.15. The van der Waals surface area contributed by atoms with Gasteiger partial charge in [0.25, 0.3) is 0 Å². The Morgan fingerprint density at radius 1 is 1.10 bits per heavy atom. The van der Waals surface area contributed by atoms with Gasteiger partial charge in [-0.05, 0) is 43.7 Å². The molecule has 1 aromatic rings. The minimum Gasteiger partial charge on any atom is -0.326 e. The van der Waals surface area contributed by atoms with Crippen LogP contribution in [0.3, 0.4) is 0 Å². The van der Waals surface area contributed by atoms with Crippen molar-refractivity contribution >= 4 is 23.2 Å². The van der Waals surface area contributed by atoms with Crippen molar-refractivity contribution in [3.63, 3.8) is 0 Å². The Kier molecular flexibility index (Phi) is 5.75. The fourth-order valence-corrected chi connectivity index (χ4v) is 2.37. The highest BCUT2D eigenvalue weighted by Crippen LogP contribution is 2.15. The molecular formula is C16H23N3O2. The summed E-state index contributed by atoms with van der Waals surface area (Å²) >= 11 is 0. The minimum absolute atomic E-state index is 0.0160. The quantitative estimate of drug-likeness (QED) is 0.797. The number of hydrogen-bond acceptors (Lipinski definition) is 3. The molecule has 114 valence electrons. The first-order valence-corrected chi connectivity index (χ1v) is 7.63. The van der Waals surface area contributed by atoms with Gasteiger partial charge in [0.05, 0.1) is 6.04 Å². The van der Waals surface area contributed by atoms with Crippen LogP contribution in [0.5, 0.6) is 0 Å². The van der Waals surface area contributed by atoms with Crippen LogP contribution in [0.15, 0.2) is 24.3 Å². The molecule has 21 heavy (non-hydrogen) atoms. The molecule has 1 aliphatic rings. The molecule has 0 spiro atoms. The van der Waals surface area contributed by atoms with Gasteiger partial charge in [-0.25, -0.2) is 0 Å². The first kappa shape index (κ1) is 15.5. The molecule has 3 N–H and O–H groups in total. The molecule has 1 atom stereocenters. The zero-order chi connectivity index (χ0) is 15.1. The highest BCUT2D eigenvalue weighted by Gasteiger charge is 2.19. The highest BCUT2D eigenvalue weighted by atomic mass is 16.2. The van der Waals surface area contributed by atoms with Crippen molar-refractivity contribution in [3.8, 4) is 0 Å². The van der Waals surface area contributed by atoms with E-state index in [0.717, 1.165) is 37.2 Å². The van der Waals surface area contributed by atoms with E-state index >= 15 is 0 Å². The number of rotatable bonds is 4. The number of amides is 2. The second kappa shape index (κ2) is 7.78. The second-order valence-electron chi connectivity index (χ2n) is 5.32. The van der Waals surface area contributed by atoms with E-state index < -0.39 is 0 Å². The number of anilines is 2. The third kappa shape index (κ3) is 4.86. The lowest BCUT2D eigenvalue weighted by atomic mass is 10.1. The predicted octanol–water partition coefficient (Wildman–Crippen LogP) is 2.51. The van der Waals surface area contributed by atoms with E-state index in [-0.39, 0.29) is 17.9 Å². The van der Waals surface area contributed by atoms with Gasteiger partial charge in [-0.2, -0.15) is 0 Å². The Balaban J connectivity index is 1.90. The summed E-state index contributed by atoms with van der Waals surface area (Å²) in [4.78, 5) is 23.5. The van der Waals surface area contributed by atoms with E-state index in [1.807, 2.05) is 6.92 Å². The molecule has 0 saturated carbocycles. The molecule has 2 amide bonds. The number of hydrogen-bond donors (Lipinski definition) is 3. The van der Waals surface area contributed by atoms with Gasteiger partial charge in [-0.1, -0.05) is 19.8 Å². The first-order valence-electron chi connectivity index (χ1n) is 7.63. The summed E-state index contributed by atoms with van der Waals surface area (Å²) < 4.78 is 0. The predicted molar refractivity (Wildman–Crippen MR) is 84.3 cm³/mol. The van der Waals surface area contributed by atoms with Crippen molar-refractivity contribution in [2.24, 2.45) is 0 Å². The molecule has 1 heterocycles. The Labute approximate surface area is 125 Å². The van der Waals surface area contributed by atoms with E-state index in [4.69, 9.17) is 0 Å². The van der Waals surface area contributed by atoms with Crippen LogP contribution in [0, 0.1) is 0 Å². The highest BCUT2D eigenvalue weighted by molar-refractivity contribution is 5.95. The van der Waals surface area contributed by atoms with Gasteiger partial charge in [0, 0.05) is 17.8 Å². The van der Waals surface area contributed by atoms with Gasteiger partial charge in [0.15, 0.2) is 0 Å². The summed E-state index contributed by atoms with van der Waals surface area (Å²) in [5.74, 6) is -0.00307. The van der Waals surface area contributed by atoms with E-state index in [1.54, 1.807) is 24.3 Å². The Bertz CT molecular complexity index is 477. The maximum atomic E-state index is 12.2. The van der Waals surface area contributed by atoms with Crippen molar-refractivity contribution in [1.82, 2.24) is 5.32 Å². The Hall–Kier alpha value is -1.88. The summed E-state index contributed by atoms with van der Waals surface area (Å²) in [6.45, 7) is 2.71. The summed E-state index contributed by atoms with van der Waals surface area (Å²) in [6, 6.07) is 7.10. The topological polar surface area (TPSA) is 70.2 Å². The van der Waals surface area contributed by atoms with E-state index in [0.29, 0.717) is 6.42 Å². The molecule has 1 unspecified atom stereocenters. The average molecular weight is 289 g/mol. The van der Waals surface area contributed by atoms with Crippen LogP contribution in [-0.4, -0.2) is 24.4 Å². The van der Waals surface area contributed by atoms with Gasteiger partial charge >= 0.3 is 0 Å². The molecule has 1 saturated heterocycles. The summed E-state index contributed by atoms with van der Waals surface area (Å²) in [7, 11) is 0. The zero-order valence-corrected chi connectivity index (χ0v) is 12.4. The lowest BCUT2D eigenvalue weighted by Crippen LogP contribution is -2.39. The van der Waals surface area contributed by atoms with Gasteiger partial charge in [-0.15, -0.1) is 0 Å². The van der Waals surface area contributed by atoms with Crippen molar-refractivity contribution in [2.75, 3.05) is 17.2 Å². The summed E-state index contributed by atoms with van der Waals surface area (Å²) in [6.07, 6.45) is 4.74. The molecule has 1 aliphatic heterocycles. The Morgan fingerprint density at radius 2 is 1.76 bits per heavy atom. The normalized spacial score (nSPS) is 18.6. The van der Waals surface area contributed by atoms with Crippen LogP contribution < -0.4 is 16.0 Å². The van der Waals surface area contributed by atoms with Crippen LogP contribution in [-0.2, 0) is 9.59 Å². The first-order chi connectivity index (χ1) is 10.2. The summed E-state index contributed by atoms with van der Waals surface area (Å²) in [5.41, 5.74) is 1.49. The van der Waals surface area contributed by atoms with Crippen LogP contribution in [0.2, 0.25) is 0 Å². The standard InChI is InChI=1S/C16H23N3O2/c1-2-15(20)18-12-7-9-13(10-8-12)19-16(21)14-6-4-3-5-11-17-14/h7-10,14,17H,2-6,11H2,1H3,(H,18,20)(H,19,21). The average Bonchev–Trinajstić information content (AvgIpc) is 2.78. The fraction of sp³-hybridized carbons (Fsp3) is 0.500. The third-order valence-corrected chi connectivity index (χ3v) is 3.63. The SMILES string of the molecule is CCC(=O)Nc1ccc(NC(=O)C2CCCCCN2)cc1. The fourth-order valence-electron chi connectivity index (χ4n) is 2.37. The van der Waals surface area contributed by atoms with E-state index in [1.165, 1.54) is 6.42 Å². The summed E-state index contributed by atoms with van der Waals surface area (Å²) in [5, 5.41) is 8.98. The second-order valence-corrected chi connectivity index (χ2v) is 5.32. The van der Waals surface area contributed by atoms with Crippen molar-refractivity contribution < 1.29 is 9.59 Å². The zero-order valence-electron chi connectivity index (χ0n) is 12.4. The van der Waals surface area contributed by atoms with Crippen LogP contribution >= 0.6 is 0 Å². The van der Waals surface area contributed by atoms with Gasteiger partial charge in [-0.3, -0.25) is 9.59 Å². The molecule has 1 aromatic carbocycles. The smallest absolute Gasteiger partial charge is 0.241 e. The van der Waals surface area contributed by atoms with Crippen LogP contribution in [0.1, 0.15) is 39.0 Å². The molecule has 0 aliphatic carbocycles. The van der Waals surface area contributed by atoms with Gasteiger partial charge in [0.1, 0.15) is 0 Å². The molecule has 5 nitrogen and oxygen atoms in total. The monoisotopic (exact) mass is 289 g/mol. The maximum absolute atomic E-state index is 12.2. The lowest BCUT2D eigenvalue weighted by molar-refractivity contribution is -0.118. The van der Waals surface area contributed by atoms with Crippen molar-refractivity contribution in [1.29, 1.82) is 0 Å². The third-order valence-electron chi connectivity index (χ3n) is 3.63. The maximum Gasteiger partial charge on any atom is 0.241 e. The van der Waals surface area contributed by atoms with Crippen molar-refractivity contribution in [2.45, 2.75) is 45.1 Å². The van der Waals surface area contributed by atoms with Crippen molar-refractivity contribution in [3.05, 3.63) is 24.3 Å². The number of carbonyl (C=O) groups excluding carboxylic acids is 2. The molecule has 0 bridgehead atoms. The molecule has 0 radical (unpaired) electrons. The van der Waals surface area contributed by atoms with Crippen LogP contribution in [0.25, 0.3) is 0 Å². The largest absolute Gasteiger partial charge is 0.326 e. The molecule has 1 fully saturated rings. The van der Waals surface area contributed by atoms with E-state index in [9.17, 15) is 9.59 Å². The Morgan fingerprint density at radius 3 is 2.43 bits per heavy atom. The van der Waals surface area contributed by atoms with Gasteiger partial charge in [0.2, 0.25) is 11.8 Å². The number of benzene rings is 1. The number of nitrogens with one attached hydrogen (secondary N) is 3. The molecule has 2 rings (SSSR count). The van der Waals surface area contributed by atoms with Crippen LogP contribution in [0.4, 0.5) is 11.4 Å². The number of carbonyl (C=O) groups is 2. The molecule has 5 heteroatoms. The molecular weight excluding hydrogens is 266 g/mol. The van der Waals surface area contributed by atoms with E-state index in [2.05, 4.69) is 16.0 Å². The van der Waals surface area contributed by atoms with Gasteiger partial charge < -0.3 is 16.0 Å². The minimum atomic E-state index is -0.105.